The molecule has 0 spiro atoms. The third-order valence-electron chi connectivity index (χ3n) is 6.63. The van der Waals surface area contributed by atoms with Crippen molar-refractivity contribution in [2.45, 2.75) is 31.5 Å². The molecule has 0 radical (unpaired) electrons. The molecule has 4 heterocycles. The third-order valence-corrected chi connectivity index (χ3v) is 6.63. The normalized spacial score (nSPS) is 18.9. The monoisotopic (exact) mass is 488 g/mol. The summed E-state index contributed by atoms with van der Waals surface area (Å²) in [7, 11) is 1.52. The molecule has 2 atom stereocenters. The molecule has 0 amide bonds. The van der Waals surface area contributed by atoms with Crippen LogP contribution in [0.15, 0.2) is 42.6 Å². The number of ether oxygens (including phenoxy) is 3. The zero-order valence-corrected chi connectivity index (χ0v) is 19.5. The van der Waals surface area contributed by atoms with E-state index >= 15 is 0 Å². The molecule has 4 aromatic rings. The maximum atomic E-state index is 12.0. The fourth-order valence-electron chi connectivity index (χ4n) is 4.93. The Balaban J connectivity index is 1.48. The molecule has 2 unspecified atom stereocenters. The van der Waals surface area contributed by atoms with Crippen LogP contribution in [0.1, 0.15) is 17.5 Å². The van der Waals surface area contributed by atoms with Crippen molar-refractivity contribution in [3.63, 3.8) is 0 Å². The number of carboxylic acid groups (broad SMARTS) is 1. The minimum atomic E-state index is -1.24. The van der Waals surface area contributed by atoms with E-state index in [-0.39, 0.29) is 6.10 Å². The summed E-state index contributed by atoms with van der Waals surface area (Å²) in [6.45, 7) is 1.20. The van der Waals surface area contributed by atoms with Crippen molar-refractivity contribution in [1.82, 2.24) is 19.7 Å². The van der Waals surface area contributed by atoms with Crippen LogP contribution in [0.4, 0.5) is 4.79 Å². The fraction of sp³-hybridized carbons (Fsp3) is 0.308. The Labute approximate surface area is 206 Å². The molecule has 0 saturated carbocycles. The van der Waals surface area contributed by atoms with Gasteiger partial charge in [0.05, 0.1) is 26.4 Å². The number of hydrogen-bond acceptors (Lipinski definition) is 8. The van der Waals surface area contributed by atoms with Crippen molar-refractivity contribution in [2.75, 3.05) is 20.3 Å². The van der Waals surface area contributed by atoms with Crippen molar-refractivity contribution in [3.8, 4) is 34.1 Å². The second-order valence-corrected chi connectivity index (χ2v) is 8.94. The second-order valence-electron chi connectivity index (χ2n) is 8.94. The van der Waals surface area contributed by atoms with E-state index in [0.29, 0.717) is 65.7 Å². The van der Waals surface area contributed by atoms with Gasteiger partial charge in [0.15, 0.2) is 0 Å². The Bertz CT molecular complexity index is 1460. The minimum absolute atomic E-state index is 0.0294. The molecular weight excluding hydrogens is 464 g/mol. The summed E-state index contributed by atoms with van der Waals surface area (Å²) in [6, 6.07) is 11.0. The van der Waals surface area contributed by atoms with Crippen molar-refractivity contribution >= 4 is 17.1 Å². The molecule has 1 fully saturated rings. The third kappa shape index (κ3) is 3.84. The fourth-order valence-corrected chi connectivity index (χ4v) is 4.93. The van der Waals surface area contributed by atoms with E-state index in [1.54, 1.807) is 24.4 Å². The molecule has 3 aromatic heterocycles. The first-order valence-electron chi connectivity index (χ1n) is 11.7. The van der Waals surface area contributed by atoms with Gasteiger partial charge in [0.1, 0.15) is 34.3 Å². The summed E-state index contributed by atoms with van der Waals surface area (Å²) < 4.78 is 17.7. The number of benzene rings is 1. The predicted octanol–water partition coefficient (Wildman–Crippen LogP) is 3.32. The lowest BCUT2D eigenvalue weighted by molar-refractivity contribution is 0.138. The van der Waals surface area contributed by atoms with E-state index in [1.807, 2.05) is 18.2 Å². The molecule has 0 bridgehead atoms. The number of aliphatic hydroxyl groups excluding tert-OH is 1. The van der Waals surface area contributed by atoms with Crippen molar-refractivity contribution in [3.05, 3.63) is 53.7 Å². The van der Waals surface area contributed by atoms with Gasteiger partial charge in [-0.3, -0.25) is 0 Å². The zero-order valence-electron chi connectivity index (χ0n) is 19.5. The summed E-state index contributed by atoms with van der Waals surface area (Å²) in [5.74, 6) is 0.886. The number of aliphatic hydroxyl groups is 1. The van der Waals surface area contributed by atoms with Gasteiger partial charge in [0.2, 0.25) is 5.88 Å². The summed E-state index contributed by atoms with van der Waals surface area (Å²) >= 11 is 0. The Kier molecular flexibility index (Phi) is 5.54. The van der Waals surface area contributed by atoms with Gasteiger partial charge in [0.25, 0.3) is 0 Å². The first-order valence-corrected chi connectivity index (χ1v) is 11.7. The van der Waals surface area contributed by atoms with Crippen LogP contribution >= 0.6 is 0 Å². The Morgan fingerprint density at radius 2 is 2.08 bits per heavy atom. The van der Waals surface area contributed by atoms with Crippen molar-refractivity contribution < 1.29 is 29.2 Å². The second kappa shape index (κ2) is 8.89. The Hall–Kier alpha value is -4.02. The number of aromatic nitrogens is 4. The number of hydrogen-bond donors (Lipinski definition) is 2. The molecule has 6 rings (SSSR count). The van der Waals surface area contributed by atoms with Crippen LogP contribution in [-0.4, -0.2) is 68.6 Å². The topological polar surface area (TPSA) is 129 Å². The molecule has 1 aromatic carbocycles. The number of rotatable bonds is 5. The van der Waals surface area contributed by atoms with E-state index < -0.39 is 12.2 Å². The van der Waals surface area contributed by atoms with Crippen molar-refractivity contribution in [2.24, 2.45) is 0 Å². The van der Waals surface area contributed by atoms with Gasteiger partial charge in [-0.2, -0.15) is 9.78 Å². The zero-order chi connectivity index (χ0) is 24.8. The summed E-state index contributed by atoms with van der Waals surface area (Å²) in [6.07, 6.45) is 1.81. The van der Waals surface area contributed by atoms with Gasteiger partial charge in [-0.05, 0) is 30.0 Å². The lowest BCUT2D eigenvalue weighted by atomic mass is 9.99. The number of carbonyl (C=O) groups is 1. The first kappa shape index (κ1) is 22.4. The van der Waals surface area contributed by atoms with Crippen LogP contribution in [-0.2, 0) is 17.6 Å². The average molecular weight is 489 g/mol. The van der Waals surface area contributed by atoms with E-state index in [1.165, 1.54) is 7.11 Å². The van der Waals surface area contributed by atoms with Gasteiger partial charge in [-0.1, -0.05) is 18.2 Å². The number of nitrogens with zero attached hydrogens (tertiary/aromatic N) is 4. The highest BCUT2D eigenvalue weighted by Crippen LogP contribution is 2.39. The predicted molar refractivity (Wildman–Crippen MR) is 129 cm³/mol. The Morgan fingerprint density at radius 1 is 1.19 bits per heavy atom. The highest BCUT2D eigenvalue weighted by molar-refractivity contribution is 5.97. The maximum absolute atomic E-state index is 12.0. The highest BCUT2D eigenvalue weighted by Gasteiger charge is 2.27. The van der Waals surface area contributed by atoms with Gasteiger partial charge in [-0.15, -0.1) is 0 Å². The molecule has 36 heavy (non-hydrogen) atoms. The summed E-state index contributed by atoms with van der Waals surface area (Å²) in [4.78, 5) is 21.3. The Morgan fingerprint density at radius 3 is 2.81 bits per heavy atom. The average Bonchev–Trinajstić information content (AvgIpc) is 3.61. The van der Waals surface area contributed by atoms with Gasteiger partial charge in [-0.25, -0.2) is 14.8 Å². The van der Waals surface area contributed by atoms with E-state index in [4.69, 9.17) is 19.2 Å². The molecule has 1 aliphatic carbocycles. The molecule has 2 aliphatic rings. The highest BCUT2D eigenvalue weighted by atomic mass is 16.5. The summed E-state index contributed by atoms with van der Waals surface area (Å²) in [5, 5.41) is 24.4. The minimum Gasteiger partial charge on any atom is -0.494 e. The van der Waals surface area contributed by atoms with Crippen LogP contribution in [0.3, 0.4) is 0 Å². The maximum Gasteiger partial charge on any atom is 0.432 e. The number of pyridine rings is 2. The lowest BCUT2D eigenvalue weighted by Gasteiger charge is -2.13. The largest absolute Gasteiger partial charge is 0.494 e. The van der Waals surface area contributed by atoms with Gasteiger partial charge < -0.3 is 24.4 Å². The van der Waals surface area contributed by atoms with Crippen LogP contribution in [0.5, 0.6) is 11.6 Å². The van der Waals surface area contributed by atoms with Crippen LogP contribution < -0.4 is 9.47 Å². The first-order chi connectivity index (χ1) is 17.5. The van der Waals surface area contributed by atoms with E-state index in [9.17, 15) is 15.0 Å². The molecule has 10 heteroatoms. The van der Waals surface area contributed by atoms with Crippen molar-refractivity contribution in [1.29, 1.82) is 0 Å². The number of methoxy groups -OCH3 is 1. The standard InChI is InChI=1S/C26H24N4O6/c1-34-21-11-20-25(28-24(21)18-4-2-3-14-9-16(31)10-19(14)18)23(29-30(20)26(32)33)15-5-6-22(27-12-15)36-17-7-8-35-13-17/h2-6,11-12,16-17,31H,7-10,13H2,1H3,(H,32,33). The smallest absolute Gasteiger partial charge is 0.432 e. The summed E-state index contributed by atoms with van der Waals surface area (Å²) in [5.41, 5.74) is 5.19. The molecule has 10 nitrogen and oxygen atoms in total. The van der Waals surface area contributed by atoms with Crippen LogP contribution in [0, 0.1) is 0 Å². The molecule has 184 valence electrons. The quantitative estimate of drug-likeness (QED) is 0.435. The van der Waals surface area contributed by atoms with Crippen LogP contribution in [0.25, 0.3) is 33.5 Å². The number of fused-ring (bicyclic) bond motifs is 2. The molecule has 2 N–H and O–H groups in total. The molecule has 1 aliphatic heterocycles. The molecular formula is C26H24N4O6. The lowest BCUT2D eigenvalue weighted by Crippen LogP contribution is -2.16. The SMILES string of the molecule is COc1cc2c(nc1-c1cccc3c1CC(O)C3)c(-c1ccc(OC3CCOC3)nc1)nn2C(=O)O. The van der Waals surface area contributed by atoms with Gasteiger partial charge >= 0.3 is 6.09 Å². The van der Waals surface area contributed by atoms with E-state index in [2.05, 4.69) is 10.1 Å². The molecule has 1 saturated heterocycles. The van der Waals surface area contributed by atoms with Crippen LogP contribution in [0.2, 0.25) is 0 Å². The van der Waals surface area contributed by atoms with E-state index in [0.717, 1.165) is 27.8 Å². The van der Waals surface area contributed by atoms with Gasteiger partial charge in [0, 0.05) is 35.9 Å².